The lowest BCUT2D eigenvalue weighted by molar-refractivity contribution is 0.210. The van der Waals surface area contributed by atoms with Crippen LogP contribution in [0.15, 0.2) is 30.5 Å². The molecule has 3 aromatic rings. The number of benzene rings is 1. The lowest BCUT2D eigenvalue weighted by Gasteiger charge is -2.20. The molecule has 2 N–H and O–H groups in total. The SMILES string of the molecule is C/C=C1\c2nc(cnc2N)-c2c(nn(C)c2C#N)OCCOc2ccc(F)cc2[C@H]1C. The lowest BCUT2D eigenvalue weighted by Crippen LogP contribution is -2.11. The maximum Gasteiger partial charge on any atom is 0.243 e. The molecule has 0 radical (unpaired) electrons. The van der Waals surface area contributed by atoms with E-state index in [4.69, 9.17) is 20.2 Å². The first-order valence-corrected chi connectivity index (χ1v) is 9.76. The lowest BCUT2D eigenvalue weighted by atomic mass is 9.89. The van der Waals surface area contributed by atoms with Crippen LogP contribution < -0.4 is 15.2 Å². The fourth-order valence-corrected chi connectivity index (χ4v) is 3.73. The Bertz CT molecular complexity index is 1230. The fraction of sp³-hybridized carbons (Fsp3) is 0.273. The Balaban J connectivity index is 1.96. The summed E-state index contributed by atoms with van der Waals surface area (Å²) in [7, 11) is 1.66. The molecule has 0 amide bonds. The average molecular weight is 420 g/mol. The number of allylic oxidation sites excluding steroid dienone is 2. The number of anilines is 1. The first-order chi connectivity index (χ1) is 14.9. The van der Waals surface area contributed by atoms with Crippen molar-refractivity contribution < 1.29 is 13.9 Å². The zero-order chi connectivity index (χ0) is 22.1. The molecule has 1 atom stereocenters. The Morgan fingerprint density at radius 2 is 2.10 bits per heavy atom. The van der Waals surface area contributed by atoms with Gasteiger partial charge in [0.25, 0.3) is 0 Å². The highest BCUT2D eigenvalue weighted by molar-refractivity contribution is 5.79. The normalized spacial score (nSPS) is 17.1. The second kappa shape index (κ2) is 8.07. The third-order valence-corrected chi connectivity index (χ3v) is 5.25. The molecular formula is C22H21FN6O2. The van der Waals surface area contributed by atoms with Crippen LogP contribution >= 0.6 is 0 Å². The van der Waals surface area contributed by atoms with E-state index in [9.17, 15) is 9.65 Å². The number of nitrogens with zero attached hydrogens (tertiary/aromatic N) is 5. The molecule has 1 aliphatic rings. The number of aryl methyl sites for hydroxylation is 1. The molecule has 8 nitrogen and oxygen atoms in total. The maximum atomic E-state index is 14.1. The Labute approximate surface area is 178 Å². The summed E-state index contributed by atoms with van der Waals surface area (Å²) in [4.78, 5) is 9.03. The minimum Gasteiger partial charge on any atom is -0.490 e. The molecule has 4 rings (SSSR count). The van der Waals surface area contributed by atoms with Crippen molar-refractivity contribution in [3.8, 4) is 29.0 Å². The number of ether oxygens (including phenoxy) is 2. The molecule has 2 aromatic heterocycles. The van der Waals surface area contributed by atoms with Crippen LogP contribution in [0.3, 0.4) is 0 Å². The summed E-state index contributed by atoms with van der Waals surface area (Å²) < 4.78 is 27.2. The van der Waals surface area contributed by atoms with Gasteiger partial charge in [0, 0.05) is 18.5 Å². The van der Waals surface area contributed by atoms with Gasteiger partial charge in [-0.25, -0.2) is 14.4 Å². The van der Waals surface area contributed by atoms with Crippen LogP contribution in [0, 0.1) is 17.1 Å². The van der Waals surface area contributed by atoms with E-state index >= 15 is 0 Å². The van der Waals surface area contributed by atoms with Crippen molar-refractivity contribution in [2.45, 2.75) is 19.8 Å². The van der Waals surface area contributed by atoms with Crippen molar-refractivity contribution in [1.29, 1.82) is 5.26 Å². The van der Waals surface area contributed by atoms with E-state index in [2.05, 4.69) is 16.2 Å². The topological polar surface area (TPSA) is 112 Å². The Morgan fingerprint density at radius 3 is 2.84 bits per heavy atom. The van der Waals surface area contributed by atoms with Crippen molar-refractivity contribution in [2.24, 2.45) is 7.05 Å². The standard InChI is InChI=1S/C22H21FN6O2/c1-4-14-12(2)15-9-13(23)5-6-18(15)30-7-8-31-22-19(17(10-24)29(3)28-22)16-11-26-21(25)20(14)27-16/h4-6,9,11-12H,7-8H2,1-3H3,(H2,25,26)/b14-4-/t12-/m0/s1. The van der Waals surface area contributed by atoms with Crippen molar-refractivity contribution in [1.82, 2.24) is 19.7 Å². The minimum atomic E-state index is -0.367. The number of hydrogen-bond acceptors (Lipinski definition) is 7. The maximum absolute atomic E-state index is 14.1. The number of nitrogens with two attached hydrogens (primary N) is 1. The first-order valence-electron chi connectivity index (χ1n) is 9.76. The summed E-state index contributed by atoms with van der Waals surface area (Å²) >= 11 is 0. The van der Waals surface area contributed by atoms with Crippen LogP contribution in [0.5, 0.6) is 11.6 Å². The van der Waals surface area contributed by atoms with Crippen LogP contribution in [0.2, 0.25) is 0 Å². The van der Waals surface area contributed by atoms with Gasteiger partial charge in [0.05, 0.1) is 11.9 Å². The van der Waals surface area contributed by atoms with Gasteiger partial charge in [0.2, 0.25) is 5.88 Å². The van der Waals surface area contributed by atoms with E-state index in [-0.39, 0.29) is 42.3 Å². The molecular weight excluding hydrogens is 399 g/mol. The molecule has 0 spiro atoms. The van der Waals surface area contributed by atoms with Crippen LogP contribution in [-0.4, -0.2) is 33.0 Å². The zero-order valence-corrected chi connectivity index (χ0v) is 17.4. The van der Waals surface area contributed by atoms with Gasteiger partial charge in [-0.05, 0) is 30.7 Å². The monoisotopic (exact) mass is 420 g/mol. The Morgan fingerprint density at radius 1 is 1.32 bits per heavy atom. The summed E-state index contributed by atoms with van der Waals surface area (Å²) in [5.41, 5.74) is 9.18. The van der Waals surface area contributed by atoms with E-state index in [1.165, 1.54) is 23.0 Å². The molecule has 0 fully saturated rings. The number of hydrogen-bond donors (Lipinski definition) is 1. The molecule has 0 saturated heterocycles. The van der Waals surface area contributed by atoms with Crippen molar-refractivity contribution in [2.75, 3.05) is 18.9 Å². The highest BCUT2D eigenvalue weighted by Crippen LogP contribution is 2.40. The third kappa shape index (κ3) is 3.57. The van der Waals surface area contributed by atoms with Crippen LogP contribution in [0.25, 0.3) is 16.8 Å². The fourth-order valence-electron chi connectivity index (χ4n) is 3.73. The quantitative estimate of drug-likeness (QED) is 0.593. The van der Waals surface area contributed by atoms with E-state index in [1.807, 2.05) is 19.9 Å². The summed E-state index contributed by atoms with van der Waals surface area (Å²) in [5, 5.41) is 14.0. The van der Waals surface area contributed by atoms with Gasteiger partial charge in [-0.2, -0.15) is 5.26 Å². The predicted octanol–water partition coefficient (Wildman–Crippen LogP) is 3.45. The average Bonchev–Trinajstić information content (AvgIpc) is 3.08. The summed E-state index contributed by atoms with van der Waals surface area (Å²) in [5.74, 6) is 0.364. The molecule has 1 aliphatic heterocycles. The zero-order valence-electron chi connectivity index (χ0n) is 17.4. The predicted molar refractivity (Wildman–Crippen MR) is 113 cm³/mol. The van der Waals surface area contributed by atoms with Gasteiger partial charge in [-0.3, -0.25) is 4.68 Å². The second-order valence-electron chi connectivity index (χ2n) is 7.10. The number of fused-ring (bicyclic) bond motifs is 5. The molecule has 0 aliphatic carbocycles. The summed E-state index contributed by atoms with van der Waals surface area (Å²) in [6, 6.07) is 6.53. The molecule has 2 bridgehead atoms. The largest absolute Gasteiger partial charge is 0.490 e. The molecule has 158 valence electrons. The van der Waals surface area contributed by atoms with Gasteiger partial charge in [-0.15, -0.1) is 5.10 Å². The number of nitriles is 1. The van der Waals surface area contributed by atoms with Gasteiger partial charge in [0.15, 0.2) is 5.69 Å². The third-order valence-electron chi connectivity index (χ3n) is 5.25. The van der Waals surface area contributed by atoms with Crippen molar-refractivity contribution in [3.63, 3.8) is 0 Å². The summed E-state index contributed by atoms with van der Waals surface area (Å²) in [6.45, 7) is 4.17. The Hall–Kier alpha value is -3.93. The van der Waals surface area contributed by atoms with E-state index in [1.54, 1.807) is 13.1 Å². The number of aromatic nitrogens is 4. The number of rotatable bonds is 0. The summed E-state index contributed by atoms with van der Waals surface area (Å²) in [6.07, 6.45) is 3.36. The van der Waals surface area contributed by atoms with Crippen LogP contribution in [0.4, 0.5) is 10.2 Å². The van der Waals surface area contributed by atoms with Crippen LogP contribution in [-0.2, 0) is 7.05 Å². The molecule has 31 heavy (non-hydrogen) atoms. The Kier molecular flexibility index (Phi) is 5.29. The molecule has 0 unspecified atom stereocenters. The van der Waals surface area contributed by atoms with E-state index in [0.717, 1.165) is 5.57 Å². The van der Waals surface area contributed by atoms with E-state index < -0.39 is 0 Å². The van der Waals surface area contributed by atoms with Gasteiger partial charge < -0.3 is 15.2 Å². The second-order valence-corrected chi connectivity index (χ2v) is 7.10. The highest BCUT2D eigenvalue weighted by Gasteiger charge is 2.26. The molecule has 3 heterocycles. The molecule has 1 aromatic carbocycles. The van der Waals surface area contributed by atoms with Crippen LogP contribution in [0.1, 0.15) is 36.7 Å². The molecule has 9 heteroatoms. The first kappa shape index (κ1) is 20.3. The van der Waals surface area contributed by atoms with Gasteiger partial charge in [0.1, 0.15) is 47.9 Å². The molecule has 0 saturated carbocycles. The van der Waals surface area contributed by atoms with Crippen molar-refractivity contribution in [3.05, 3.63) is 53.2 Å². The van der Waals surface area contributed by atoms with E-state index in [0.29, 0.717) is 28.3 Å². The van der Waals surface area contributed by atoms with Gasteiger partial charge >= 0.3 is 0 Å². The number of halogens is 1. The minimum absolute atomic E-state index is 0.172. The number of nitrogen functional groups attached to an aromatic ring is 1. The van der Waals surface area contributed by atoms with Gasteiger partial charge in [-0.1, -0.05) is 13.0 Å². The highest BCUT2D eigenvalue weighted by atomic mass is 19.1. The van der Waals surface area contributed by atoms with Crippen molar-refractivity contribution >= 4 is 11.4 Å². The smallest absolute Gasteiger partial charge is 0.243 e.